The van der Waals surface area contributed by atoms with E-state index in [-0.39, 0.29) is 17.5 Å². The average molecular weight is 269 g/mol. The van der Waals surface area contributed by atoms with Crippen LogP contribution in [0.2, 0.25) is 0 Å². The number of sulfonamides is 1. The maximum Gasteiger partial charge on any atom is 0.232 e. The average Bonchev–Trinajstić information content (AvgIpc) is 2.28. The van der Waals surface area contributed by atoms with Crippen molar-refractivity contribution in [2.45, 2.75) is 27.2 Å². The third kappa shape index (κ3) is 4.14. The van der Waals surface area contributed by atoms with Crippen LogP contribution in [0.3, 0.4) is 0 Å². The number of benzene rings is 1. The summed E-state index contributed by atoms with van der Waals surface area (Å²) in [5, 5.41) is 0. The Morgan fingerprint density at radius 3 is 2.22 bits per heavy atom. The first kappa shape index (κ1) is 14.7. The van der Waals surface area contributed by atoms with Gasteiger partial charge in [0.15, 0.2) is 5.78 Å². The normalized spacial score (nSPS) is 11.6. The second-order valence-electron chi connectivity index (χ2n) is 4.52. The van der Waals surface area contributed by atoms with Gasteiger partial charge in [-0.3, -0.25) is 9.52 Å². The van der Waals surface area contributed by atoms with Gasteiger partial charge in [-0.15, -0.1) is 0 Å². The molecule has 1 aromatic rings. The summed E-state index contributed by atoms with van der Waals surface area (Å²) < 4.78 is 25.6. The minimum atomic E-state index is -3.27. The van der Waals surface area contributed by atoms with E-state index in [0.29, 0.717) is 17.7 Å². The monoisotopic (exact) mass is 269 g/mol. The van der Waals surface area contributed by atoms with Crippen molar-refractivity contribution >= 4 is 21.5 Å². The molecule has 0 fully saturated rings. The van der Waals surface area contributed by atoms with Crippen LogP contribution in [0.5, 0.6) is 0 Å². The number of hydrogen-bond acceptors (Lipinski definition) is 3. The lowest BCUT2D eigenvalue weighted by molar-refractivity contribution is 0.0939. The predicted octanol–water partition coefficient (Wildman–Crippen LogP) is 2.68. The second-order valence-corrected chi connectivity index (χ2v) is 6.36. The molecule has 0 atom stereocenters. The van der Waals surface area contributed by atoms with Crippen LogP contribution in [-0.2, 0) is 10.0 Å². The van der Waals surface area contributed by atoms with Gasteiger partial charge in [0.2, 0.25) is 10.0 Å². The summed E-state index contributed by atoms with van der Waals surface area (Å²) in [5.74, 6) is 0.0882. The summed E-state index contributed by atoms with van der Waals surface area (Å²) in [5.41, 5.74) is 1.09. The zero-order chi connectivity index (χ0) is 13.8. The van der Waals surface area contributed by atoms with E-state index in [4.69, 9.17) is 0 Å². The van der Waals surface area contributed by atoms with E-state index in [1.165, 1.54) is 0 Å². The number of carbonyl (C=O) groups is 1. The Balaban J connectivity index is 2.81. The molecule has 0 aliphatic carbocycles. The van der Waals surface area contributed by atoms with Gasteiger partial charge < -0.3 is 0 Å². The Labute approximate surface area is 108 Å². The van der Waals surface area contributed by atoms with E-state index >= 15 is 0 Å². The van der Waals surface area contributed by atoms with Crippen molar-refractivity contribution in [3.8, 4) is 0 Å². The van der Waals surface area contributed by atoms with E-state index in [2.05, 4.69) is 4.72 Å². The largest absolute Gasteiger partial charge is 0.294 e. The SMILES string of the molecule is CCCS(=O)(=O)Nc1ccc(C(=O)C(C)C)cc1. The highest BCUT2D eigenvalue weighted by Crippen LogP contribution is 2.14. The molecule has 18 heavy (non-hydrogen) atoms. The lowest BCUT2D eigenvalue weighted by atomic mass is 10.0. The van der Waals surface area contributed by atoms with Crippen LogP contribution in [0.15, 0.2) is 24.3 Å². The Hall–Kier alpha value is -1.36. The number of rotatable bonds is 6. The van der Waals surface area contributed by atoms with Gasteiger partial charge in [-0.05, 0) is 30.7 Å². The van der Waals surface area contributed by atoms with E-state index in [1.807, 2.05) is 20.8 Å². The lowest BCUT2D eigenvalue weighted by Crippen LogP contribution is -2.16. The molecule has 0 bridgehead atoms. The first-order valence-corrected chi connectivity index (χ1v) is 7.65. The summed E-state index contributed by atoms with van der Waals surface area (Å²) in [6.45, 7) is 5.48. The summed E-state index contributed by atoms with van der Waals surface area (Å²) in [7, 11) is -3.27. The molecule has 1 rings (SSSR count). The minimum Gasteiger partial charge on any atom is -0.294 e. The Morgan fingerprint density at radius 2 is 1.78 bits per heavy atom. The van der Waals surface area contributed by atoms with Crippen molar-refractivity contribution in [3.05, 3.63) is 29.8 Å². The molecule has 0 heterocycles. The summed E-state index contributed by atoms with van der Waals surface area (Å²) >= 11 is 0. The second kappa shape index (κ2) is 6.00. The van der Waals surface area contributed by atoms with Crippen LogP contribution >= 0.6 is 0 Å². The molecule has 4 nitrogen and oxygen atoms in total. The molecule has 0 aromatic heterocycles. The highest BCUT2D eigenvalue weighted by Gasteiger charge is 2.11. The quantitative estimate of drug-likeness (QED) is 0.808. The van der Waals surface area contributed by atoms with Crippen LogP contribution in [0, 0.1) is 5.92 Å². The molecule has 0 aliphatic heterocycles. The first-order valence-electron chi connectivity index (χ1n) is 6.00. The zero-order valence-corrected chi connectivity index (χ0v) is 11.8. The van der Waals surface area contributed by atoms with Crippen LogP contribution in [0.1, 0.15) is 37.6 Å². The molecule has 5 heteroatoms. The molecule has 0 saturated heterocycles. The Bertz CT molecular complexity index is 504. The maximum atomic E-state index is 11.7. The fourth-order valence-corrected chi connectivity index (χ4v) is 2.67. The van der Waals surface area contributed by atoms with Crippen molar-refractivity contribution in [3.63, 3.8) is 0 Å². The molecule has 1 aromatic carbocycles. The molecular weight excluding hydrogens is 250 g/mol. The van der Waals surface area contributed by atoms with Gasteiger partial charge in [0.05, 0.1) is 5.75 Å². The summed E-state index contributed by atoms with van der Waals surface area (Å²) in [6, 6.07) is 6.52. The molecule has 0 spiro atoms. The summed E-state index contributed by atoms with van der Waals surface area (Å²) in [6.07, 6.45) is 0.569. The molecule has 100 valence electrons. The van der Waals surface area contributed by atoms with Crippen molar-refractivity contribution in [2.24, 2.45) is 5.92 Å². The minimum absolute atomic E-state index is 0.0537. The van der Waals surface area contributed by atoms with E-state index < -0.39 is 10.0 Å². The number of hydrogen-bond donors (Lipinski definition) is 1. The fourth-order valence-electron chi connectivity index (χ4n) is 1.54. The molecule has 0 saturated carbocycles. The van der Waals surface area contributed by atoms with Gasteiger partial charge in [-0.25, -0.2) is 8.42 Å². The highest BCUT2D eigenvalue weighted by molar-refractivity contribution is 7.92. The van der Waals surface area contributed by atoms with Gasteiger partial charge >= 0.3 is 0 Å². The maximum absolute atomic E-state index is 11.7. The Kier molecular flexibility index (Phi) is 4.90. The van der Waals surface area contributed by atoms with E-state index in [9.17, 15) is 13.2 Å². The molecule has 0 amide bonds. The number of Topliss-reactive ketones (excluding diaryl/α,β-unsaturated/α-hetero) is 1. The van der Waals surface area contributed by atoms with Gasteiger partial charge in [0.1, 0.15) is 0 Å². The summed E-state index contributed by atoms with van der Waals surface area (Å²) in [4.78, 5) is 11.7. The van der Waals surface area contributed by atoms with E-state index in [0.717, 1.165) is 0 Å². The van der Waals surface area contributed by atoms with Gasteiger partial charge in [0.25, 0.3) is 0 Å². The number of carbonyl (C=O) groups excluding carboxylic acids is 1. The first-order chi connectivity index (χ1) is 8.35. The van der Waals surface area contributed by atoms with Crippen LogP contribution in [0.4, 0.5) is 5.69 Å². The molecule has 0 radical (unpaired) electrons. The van der Waals surface area contributed by atoms with E-state index in [1.54, 1.807) is 24.3 Å². The van der Waals surface area contributed by atoms with Gasteiger partial charge in [-0.1, -0.05) is 20.8 Å². The predicted molar refractivity (Wildman–Crippen MR) is 73.3 cm³/mol. The molecular formula is C13H19NO3S. The number of nitrogens with one attached hydrogen (secondary N) is 1. The van der Waals surface area contributed by atoms with Gasteiger partial charge in [-0.2, -0.15) is 0 Å². The van der Waals surface area contributed by atoms with Gasteiger partial charge in [0, 0.05) is 17.2 Å². The molecule has 0 aliphatic rings. The third-order valence-electron chi connectivity index (χ3n) is 2.44. The highest BCUT2D eigenvalue weighted by atomic mass is 32.2. The zero-order valence-electron chi connectivity index (χ0n) is 10.9. The lowest BCUT2D eigenvalue weighted by Gasteiger charge is -2.08. The molecule has 0 unspecified atom stereocenters. The fraction of sp³-hybridized carbons (Fsp3) is 0.462. The van der Waals surface area contributed by atoms with Crippen LogP contribution in [-0.4, -0.2) is 20.0 Å². The molecule has 1 N–H and O–H groups in total. The van der Waals surface area contributed by atoms with Crippen molar-refractivity contribution in [1.82, 2.24) is 0 Å². The van der Waals surface area contributed by atoms with Crippen molar-refractivity contribution in [1.29, 1.82) is 0 Å². The number of anilines is 1. The third-order valence-corrected chi connectivity index (χ3v) is 3.93. The smallest absolute Gasteiger partial charge is 0.232 e. The van der Waals surface area contributed by atoms with Crippen molar-refractivity contribution in [2.75, 3.05) is 10.5 Å². The Morgan fingerprint density at radius 1 is 1.22 bits per heavy atom. The number of ketones is 1. The van der Waals surface area contributed by atoms with Crippen LogP contribution < -0.4 is 4.72 Å². The topological polar surface area (TPSA) is 63.2 Å². The van der Waals surface area contributed by atoms with Crippen molar-refractivity contribution < 1.29 is 13.2 Å². The van der Waals surface area contributed by atoms with Crippen LogP contribution in [0.25, 0.3) is 0 Å². The standard InChI is InChI=1S/C13H19NO3S/c1-4-9-18(16,17)14-12-7-5-11(6-8-12)13(15)10(2)3/h5-8,10,14H,4,9H2,1-3H3.